The molecule has 4 heteroatoms. The van der Waals surface area contributed by atoms with Crippen molar-refractivity contribution in [3.05, 3.63) is 65.7 Å². The van der Waals surface area contributed by atoms with Gasteiger partial charge in [-0.25, -0.2) is 4.39 Å². The summed E-state index contributed by atoms with van der Waals surface area (Å²) in [6, 6.07) is 11.6. The zero-order valence-corrected chi connectivity index (χ0v) is 11.9. The molecule has 1 aromatic heterocycles. The maximum atomic E-state index is 13.6. The van der Waals surface area contributed by atoms with Crippen molar-refractivity contribution < 1.29 is 9.18 Å². The quantitative estimate of drug-likeness (QED) is 0.864. The van der Waals surface area contributed by atoms with Gasteiger partial charge in [-0.05, 0) is 42.7 Å². The molecule has 0 N–H and O–H groups in total. The first-order valence-electron chi connectivity index (χ1n) is 7.10. The van der Waals surface area contributed by atoms with Crippen LogP contribution in [0, 0.1) is 11.7 Å². The molecule has 21 heavy (non-hydrogen) atoms. The van der Waals surface area contributed by atoms with Crippen molar-refractivity contribution in [1.82, 2.24) is 9.88 Å². The van der Waals surface area contributed by atoms with Crippen LogP contribution >= 0.6 is 0 Å². The smallest absolute Gasteiger partial charge is 0.226 e. The number of carbonyl (C=O) groups excluding carboxylic acids is 1. The third-order valence-corrected chi connectivity index (χ3v) is 3.79. The third kappa shape index (κ3) is 2.94. The van der Waals surface area contributed by atoms with Crippen molar-refractivity contribution in [1.29, 1.82) is 0 Å². The molecule has 0 bridgehead atoms. The fourth-order valence-corrected chi connectivity index (χ4v) is 2.55. The van der Waals surface area contributed by atoms with Gasteiger partial charge in [0.05, 0.1) is 11.7 Å². The number of rotatable bonds is 4. The zero-order valence-electron chi connectivity index (χ0n) is 11.9. The highest BCUT2D eigenvalue weighted by Crippen LogP contribution is 2.35. The number of hydrogen-bond donors (Lipinski definition) is 0. The fraction of sp³-hybridized carbons (Fsp3) is 0.294. The van der Waals surface area contributed by atoms with E-state index in [4.69, 9.17) is 0 Å². The minimum Gasteiger partial charge on any atom is -0.333 e. The van der Waals surface area contributed by atoms with E-state index < -0.39 is 0 Å². The monoisotopic (exact) mass is 284 g/mol. The van der Waals surface area contributed by atoms with Gasteiger partial charge in [0.15, 0.2) is 0 Å². The second-order valence-electron chi connectivity index (χ2n) is 5.44. The number of halogens is 1. The fourth-order valence-electron chi connectivity index (χ4n) is 2.55. The first kappa shape index (κ1) is 13.7. The molecule has 3 nitrogen and oxygen atoms in total. The van der Waals surface area contributed by atoms with Crippen molar-refractivity contribution in [3.63, 3.8) is 0 Å². The number of benzene rings is 1. The molecule has 1 saturated carbocycles. The van der Waals surface area contributed by atoms with E-state index in [2.05, 4.69) is 4.98 Å². The molecule has 1 aliphatic rings. The van der Waals surface area contributed by atoms with Gasteiger partial charge >= 0.3 is 0 Å². The topological polar surface area (TPSA) is 33.2 Å². The second kappa shape index (κ2) is 5.64. The predicted molar refractivity (Wildman–Crippen MR) is 78.0 cm³/mol. The minimum atomic E-state index is -0.352. The first-order valence-corrected chi connectivity index (χ1v) is 7.10. The standard InChI is InChI=1S/C17H17FN2O/c1-20(17(21)12-8-9-12)16(15-7-2-3-10-19-15)13-5-4-6-14(18)11-13/h2-7,10-12,16H,8-9H2,1H3/t16-/m0/s1. The summed E-state index contributed by atoms with van der Waals surface area (Å²) in [6.07, 6.45) is 3.58. The Hall–Kier alpha value is -2.23. The lowest BCUT2D eigenvalue weighted by Crippen LogP contribution is -2.33. The molecule has 0 spiro atoms. The second-order valence-corrected chi connectivity index (χ2v) is 5.44. The Morgan fingerprint density at radius 3 is 2.71 bits per heavy atom. The maximum Gasteiger partial charge on any atom is 0.226 e. The molecule has 0 aliphatic heterocycles. The Labute approximate surface area is 123 Å². The van der Waals surface area contributed by atoms with Crippen LogP contribution in [0.2, 0.25) is 0 Å². The van der Waals surface area contributed by atoms with Gasteiger partial charge < -0.3 is 4.90 Å². The van der Waals surface area contributed by atoms with E-state index in [1.165, 1.54) is 12.1 Å². The number of amides is 1. The van der Waals surface area contributed by atoms with E-state index in [1.807, 2.05) is 24.3 Å². The maximum absolute atomic E-state index is 13.6. The van der Waals surface area contributed by atoms with Crippen molar-refractivity contribution in [2.75, 3.05) is 7.05 Å². The van der Waals surface area contributed by atoms with E-state index in [0.717, 1.165) is 24.1 Å². The van der Waals surface area contributed by atoms with Crippen molar-refractivity contribution in [2.24, 2.45) is 5.92 Å². The summed E-state index contributed by atoms with van der Waals surface area (Å²) in [5.41, 5.74) is 1.49. The molecule has 3 rings (SSSR count). The minimum absolute atomic E-state index is 0.106. The highest BCUT2D eigenvalue weighted by molar-refractivity contribution is 5.81. The molecule has 0 saturated heterocycles. The van der Waals surface area contributed by atoms with Gasteiger partial charge in [-0.1, -0.05) is 18.2 Å². The van der Waals surface area contributed by atoms with Gasteiger partial charge in [0, 0.05) is 19.2 Å². The molecule has 1 fully saturated rings. The number of pyridine rings is 1. The molecule has 0 radical (unpaired) electrons. The molecule has 1 heterocycles. The summed E-state index contributed by atoms with van der Waals surface area (Å²) in [7, 11) is 1.77. The largest absolute Gasteiger partial charge is 0.333 e. The van der Waals surface area contributed by atoms with Crippen LogP contribution in [0.3, 0.4) is 0 Å². The Bertz CT molecular complexity index is 640. The SMILES string of the molecule is CN(C(=O)C1CC1)[C@@H](c1cccc(F)c1)c1ccccn1. The highest BCUT2D eigenvalue weighted by atomic mass is 19.1. The van der Waals surface area contributed by atoms with E-state index in [0.29, 0.717) is 0 Å². The summed E-state index contributed by atoms with van der Waals surface area (Å²) >= 11 is 0. The average molecular weight is 284 g/mol. The van der Waals surface area contributed by atoms with Gasteiger partial charge in [-0.3, -0.25) is 9.78 Å². The van der Waals surface area contributed by atoms with E-state index in [9.17, 15) is 9.18 Å². The van der Waals surface area contributed by atoms with Gasteiger partial charge in [0.25, 0.3) is 0 Å². The summed E-state index contributed by atoms with van der Waals surface area (Å²) in [5, 5.41) is 0. The predicted octanol–water partition coefficient (Wildman–Crippen LogP) is 3.18. The summed E-state index contributed by atoms with van der Waals surface area (Å²) < 4.78 is 13.6. The van der Waals surface area contributed by atoms with E-state index in [-0.39, 0.29) is 23.7 Å². The van der Waals surface area contributed by atoms with Gasteiger partial charge in [-0.15, -0.1) is 0 Å². The first-order chi connectivity index (χ1) is 10.2. The number of nitrogens with zero attached hydrogens (tertiary/aromatic N) is 2. The third-order valence-electron chi connectivity index (χ3n) is 3.79. The van der Waals surface area contributed by atoms with Crippen LogP contribution in [-0.4, -0.2) is 22.8 Å². The van der Waals surface area contributed by atoms with Crippen LogP contribution in [0.15, 0.2) is 48.7 Å². The van der Waals surface area contributed by atoms with Crippen LogP contribution in [0.25, 0.3) is 0 Å². The molecule has 1 amide bonds. The van der Waals surface area contributed by atoms with Gasteiger partial charge in [-0.2, -0.15) is 0 Å². The molecule has 1 aliphatic carbocycles. The highest BCUT2D eigenvalue weighted by Gasteiger charge is 2.35. The molecular formula is C17H17FN2O. The van der Waals surface area contributed by atoms with Crippen molar-refractivity contribution in [2.45, 2.75) is 18.9 Å². The van der Waals surface area contributed by atoms with Crippen LogP contribution in [0.5, 0.6) is 0 Å². The Morgan fingerprint density at radius 2 is 2.10 bits per heavy atom. The molecule has 2 aromatic rings. The van der Waals surface area contributed by atoms with Crippen LogP contribution in [-0.2, 0) is 4.79 Å². The molecular weight excluding hydrogens is 267 g/mol. The summed E-state index contributed by atoms with van der Waals surface area (Å²) in [4.78, 5) is 18.4. The van der Waals surface area contributed by atoms with E-state index in [1.54, 1.807) is 24.2 Å². The van der Waals surface area contributed by atoms with Gasteiger partial charge in [0.2, 0.25) is 5.91 Å². The zero-order chi connectivity index (χ0) is 14.8. The Kier molecular flexibility index (Phi) is 3.69. The number of aromatic nitrogens is 1. The molecule has 1 aromatic carbocycles. The van der Waals surface area contributed by atoms with Crippen molar-refractivity contribution >= 4 is 5.91 Å². The van der Waals surface area contributed by atoms with Crippen LogP contribution < -0.4 is 0 Å². The van der Waals surface area contributed by atoms with Gasteiger partial charge in [0.1, 0.15) is 5.82 Å². The molecule has 0 unspecified atom stereocenters. The average Bonchev–Trinajstić information content (AvgIpc) is 3.32. The molecule has 1 atom stereocenters. The number of carbonyl (C=O) groups is 1. The normalized spacial score (nSPS) is 15.5. The van der Waals surface area contributed by atoms with E-state index >= 15 is 0 Å². The Morgan fingerprint density at radius 1 is 1.29 bits per heavy atom. The summed E-state index contributed by atoms with van der Waals surface area (Å²) in [5.74, 6) is -0.0783. The Balaban J connectivity index is 2.00. The molecule has 108 valence electrons. The van der Waals surface area contributed by atoms with Crippen LogP contribution in [0.4, 0.5) is 4.39 Å². The lowest BCUT2D eigenvalue weighted by Gasteiger charge is -2.28. The summed E-state index contributed by atoms with van der Waals surface area (Å²) in [6.45, 7) is 0. The number of hydrogen-bond acceptors (Lipinski definition) is 2. The van der Waals surface area contributed by atoms with Crippen molar-refractivity contribution in [3.8, 4) is 0 Å². The lowest BCUT2D eigenvalue weighted by atomic mass is 10.0. The lowest BCUT2D eigenvalue weighted by molar-refractivity contribution is -0.132. The van der Waals surface area contributed by atoms with Crippen LogP contribution in [0.1, 0.15) is 30.1 Å².